The zero-order chi connectivity index (χ0) is 17.2. The molecule has 1 aromatic heterocycles. The molecule has 0 aliphatic rings. The van der Waals surface area contributed by atoms with Crippen LogP contribution in [0, 0.1) is 0 Å². The third-order valence-corrected chi connectivity index (χ3v) is 5.09. The second-order valence-electron chi connectivity index (χ2n) is 6.12. The fourth-order valence-electron chi connectivity index (χ4n) is 2.90. The van der Waals surface area contributed by atoms with Crippen molar-refractivity contribution in [2.75, 3.05) is 6.54 Å². The molecule has 0 bridgehead atoms. The summed E-state index contributed by atoms with van der Waals surface area (Å²) in [5, 5.41) is 2.09. The molecule has 1 aromatic carbocycles. The summed E-state index contributed by atoms with van der Waals surface area (Å²) in [6.45, 7) is 5.48. The molecule has 0 aliphatic heterocycles. The maximum absolute atomic E-state index is 5.82. The number of rotatable bonds is 10. The molecule has 128 valence electrons. The van der Waals surface area contributed by atoms with Crippen LogP contribution >= 0.6 is 11.3 Å². The lowest BCUT2D eigenvalue weighted by Crippen LogP contribution is -2.08. The van der Waals surface area contributed by atoms with Gasteiger partial charge in [0.25, 0.3) is 0 Å². The van der Waals surface area contributed by atoms with Crippen molar-refractivity contribution >= 4 is 17.4 Å². The predicted octanol–water partition coefficient (Wildman–Crippen LogP) is 5.08. The molecule has 1 atom stereocenters. The predicted molar refractivity (Wildman–Crippen MR) is 107 cm³/mol. The van der Waals surface area contributed by atoms with E-state index in [2.05, 4.69) is 60.5 Å². The van der Waals surface area contributed by atoms with E-state index in [-0.39, 0.29) is 0 Å². The average molecular weight is 341 g/mol. The lowest BCUT2D eigenvalue weighted by molar-refractivity contribution is 0.559. The SMILES string of the molecule is C=C(/C=C/c1cccs1)CCCC(CCN)c1cccc(CN)c1. The minimum atomic E-state index is 0.510. The van der Waals surface area contributed by atoms with Crippen LogP contribution in [-0.2, 0) is 6.54 Å². The molecular formula is C21H28N2S. The first kappa shape index (κ1) is 18.7. The van der Waals surface area contributed by atoms with Crippen LogP contribution in [0.2, 0.25) is 0 Å². The van der Waals surface area contributed by atoms with Gasteiger partial charge in [-0.1, -0.05) is 48.6 Å². The Hall–Kier alpha value is -1.68. The maximum atomic E-state index is 5.82. The Morgan fingerprint density at radius 1 is 1.17 bits per heavy atom. The Morgan fingerprint density at radius 2 is 2.04 bits per heavy atom. The van der Waals surface area contributed by atoms with Gasteiger partial charge in [-0.2, -0.15) is 0 Å². The lowest BCUT2D eigenvalue weighted by atomic mass is 9.89. The molecule has 0 saturated carbocycles. The van der Waals surface area contributed by atoms with Crippen LogP contribution in [0.4, 0.5) is 0 Å². The smallest absolute Gasteiger partial charge is 0.0270 e. The summed E-state index contributed by atoms with van der Waals surface area (Å²) in [6, 6.07) is 12.8. The van der Waals surface area contributed by atoms with Crippen molar-refractivity contribution in [1.29, 1.82) is 0 Å². The first-order chi connectivity index (χ1) is 11.7. The van der Waals surface area contributed by atoms with Crippen LogP contribution in [0.1, 0.15) is 47.6 Å². The van der Waals surface area contributed by atoms with Crippen LogP contribution in [0.5, 0.6) is 0 Å². The second-order valence-corrected chi connectivity index (χ2v) is 7.10. The zero-order valence-corrected chi connectivity index (χ0v) is 15.1. The van der Waals surface area contributed by atoms with E-state index >= 15 is 0 Å². The molecule has 0 amide bonds. The van der Waals surface area contributed by atoms with E-state index in [0.29, 0.717) is 12.5 Å². The number of hydrogen-bond donors (Lipinski definition) is 2. The Labute approximate surface area is 149 Å². The Morgan fingerprint density at radius 3 is 2.75 bits per heavy atom. The molecule has 0 saturated heterocycles. The van der Waals surface area contributed by atoms with E-state index in [1.165, 1.54) is 21.6 Å². The monoisotopic (exact) mass is 340 g/mol. The first-order valence-electron chi connectivity index (χ1n) is 8.61. The van der Waals surface area contributed by atoms with E-state index in [9.17, 15) is 0 Å². The summed E-state index contributed by atoms with van der Waals surface area (Å²) in [4.78, 5) is 1.27. The van der Waals surface area contributed by atoms with E-state index in [1.54, 1.807) is 11.3 Å². The quantitative estimate of drug-likeness (QED) is 0.593. The zero-order valence-electron chi connectivity index (χ0n) is 14.3. The van der Waals surface area contributed by atoms with Gasteiger partial charge in [0.2, 0.25) is 0 Å². The third kappa shape index (κ3) is 6.08. The van der Waals surface area contributed by atoms with E-state index in [0.717, 1.165) is 32.2 Å². The molecule has 0 spiro atoms. The standard InChI is InChI=1S/C21H28N2S/c1-17(10-11-21-9-4-14-24-21)5-2-7-19(12-13-22)20-8-3-6-18(15-20)16-23/h3-4,6,8-11,14-15,19H,1-2,5,7,12-13,16,22-23H2/b11-10+. The molecule has 0 radical (unpaired) electrons. The van der Waals surface area contributed by atoms with Crippen molar-refractivity contribution in [3.63, 3.8) is 0 Å². The molecule has 2 nitrogen and oxygen atoms in total. The number of allylic oxidation sites excluding steroid dienone is 2. The van der Waals surface area contributed by atoms with Crippen LogP contribution in [0.3, 0.4) is 0 Å². The lowest BCUT2D eigenvalue weighted by Gasteiger charge is -2.17. The molecule has 1 heterocycles. The van der Waals surface area contributed by atoms with E-state index in [4.69, 9.17) is 11.5 Å². The van der Waals surface area contributed by atoms with Gasteiger partial charge >= 0.3 is 0 Å². The van der Waals surface area contributed by atoms with Gasteiger partial charge in [-0.25, -0.2) is 0 Å². The molecule has 2 aromatic rings. The van der Waals surface area contributed by atoms with Gasteiger partial charge < -0.3 is 11.5 Å². The van der Waals surface area contributed by atoms with E-state index in [1.807, 2.05) is 0 Å². The first-order valence-corrected chi connectivity index (χ1v) is 9.49. The Kier molecular flexibility index (Phi) is 7.96. The van der Waals surface area contributed by atoms with Gasteiger partial charge in [-0.15, -0.1) is 11.3 Å². The average Bonchev–Trinajstić information content (AvgIpc) is 3.13. The largest absolute Gasteiger partial charge is 0.330 e. The normalized spacial score (nSPS) is 12.6. The summed E-state index contributed by atoms with van der Waals surface area (Å²) < 4.78 is 0. The Balaban J connectivity index is 1.85. The van der Waals surface area contributed by atoms with E-state index < -0.39 is 0 Å². The second kappa shape index (κ2) is 10.2. The number of nitrogens with two attached hydrogens (primary N) is 2. The molecular weight excluding hydrogens is 312 g/mol. The van der Waals surface area contributed by atoms with Gasteiger partial charge in [-0.05, 0) is 66.8 Å². The topological polar surface area (TPSA) is 52.0 Å². The number of hydrogen-bond acceptors (Lipinski definition) is 3. The molecule has 2 rings (SSSR count). The van der Waals surface area contributed by atoms with Crippen LogP contribution < -0.4 is 11.5 Å². The van der Waals surface area contributed by atoms with Crippen molar-refractivity contribution in [2.24, 2.45) is 11.5 Å². The van der Waals surface area contributed by atoms with Crippen LogP contribution in [-0.4, -0.2) is 6.54 Å². The molecule has 24 heavy (non-hydrogen) atoms. The van der Waals surface area contributed by atoms with Crippen LogP contribution in [0.15, 0.2) is 60.0 Å². The summed E-state index contributed by atoms with van der Waals surface area (Å²) in [5.41, 5.74) is 15.3. The molecule has 0 fully saturated rings. The highest BCUT2D eigenvalue weighted by Crippen LogP contribution is 2.27. The van der Waals surface area contributed by atoms with Crippen molar-refractivity contribution in [3.05, 3.63) is 76.0 Å². The van der Waals surface area contributed by atoms with Gasteiger partial charge in [0.05, 0.1) is 0 Å². The highest BCUT2D eigenvalue weighted by Gasteiger charge is 2.11. The molecule has 1 unspecified atom stereocenters. The highest BCUT2D eigenvalue weighted by atomic mass is 32.1. The summed E-state index contributed by atoms with van der Waals surface area (Å²) >= 11 is 1.75. The van der Waals surface area contributed by atoms with Crippen molar-refractivity contribution in [1.82, 2.24) is 0 Å². The highest BCUT2D eigenvalue weighted by molar-refractivity contribution is 7.10. The minimum Gasteiger partial charge on any atom is -0.330 e. The van der Waals surface area contributed by atoms with Crippen molar-refractivity contribution in [2.45, 2.75) is 38.1 Å². The summed E-state index contributed by atoms with van der Waals surface area (Å²) in [6.07, 6.45) is 8.60. The minimum absolute atomic E-state index is 0.510. The third-order valence-electron chi connectivity index (χ3n) is 4.25. The summed E-state index contributed by atoms with van der Waals surface area (Å²) in [7, 11) is 0. The van der Waals surface area contributed by atoms with Gasteiger partial charge in [-0.3, -0.25) is 0 Å². The van der Waals surface area contributed by atoms with Gasteiger partial charge in [0.15, 0.2) is 0 Å². The Bertz CT molecular complexity index is 644. The van der Waals surface area contributed by atoms with Gasteiger partial charge in [0.1, 0.15) is 0 Å². The van der Waals surface area contributed by atoms with Gasteiger partial charge in [0, 0.05) is 11.4 Å². The maximum Gasteiger partial charge on any atom is 0.0270 e. The fraction of sp³-hybridized carbons (Fsp3) is 0.333. The molecule has 3 heteroatoms. The molecule has 0 aliphatic carbocycles. The van der Waals surface area contributed by atoms with Crippen molar-refractivity contribution in [3.8, 4) is 0 Å². The van der Waals surface area contributed by atoms with Crippen molar-refractivity contribution < 1.29 is 0 Å². The summed E-state index contributed by atoms with van der Waals surface area (Å²) in [5.74, 6) is 0.510. The van der Waals surface area contributed by atoms with Crippen LogP contribution in [0.25, 0.3) is 6.08 Å². The fourth-order valence-corrected chi connectivity index (χ4v) is 3.52. The number of benzene rings is 1. The molecule has 4 N–H and O–H groups in total. The number of thiophene rings is 1.